The first-order chi connectivity index (χ1) is 20.5. The molecule has 0 bridgehead atoms. The number of fused-ring (bicyclic) bond motifs is 2. The number of para-hydroxylation sites is 1. The van der Waals surface area contributed by atoms with E-state index in [0.29, 0.717) is 54.4 Å². The zero-order valence-corrected chi connectivity index (χ0v) is 24.4. The minimum absolute atomic E-state index is 0.166. The second-order valence-corrected chi connectivity index (χ2v) is 10.4. The van der Waals surface area contributed by atoms with E-state index in [-0.39, 0.29) is 18.0 Å². The van der Waals surface area contributed by atoms with Gasteiger partial charge >= 0.3 is 0 Å². The topological polar surface area (TPSA) is 103 Å². The molecule has 4 aromatic carbocycles. The summed E-state index contributed by atoms with van der Waals surface area (Å²) in [6, 6.07) is 27.1. The van der Waals surface area contributed by atoms with Crippen LogP contribution in [0.5, 0.6) is 11.5 Å². The van der Waals surface area contributed by atoms with Crippen LogP contribution in [0.2, 0.25) is 5.02 Å². The third kappa shape index (κ3) is 5.14. The number of hydrogen-bond acceptors (Lipinski definition) is 7. The number of hydrogen-bond donors (Lipinski definition) is 0. The van der Waals surface area contributed by atoms with E-state index in [2.05, 4.69) is 27.1 Å². The Morgan fingerprint density at radius 3 is 2.69 bits per heavy atom. The third-order valence-electron chi connectivity index (χ3n) is 6.57. The average molecular weight is 640 g/mol. The number of nitriles is 1. The van der Waals surface area contributed by atoms with Crippen molar-refractivity contribution in [1.29, 1.82) is 5.26 Å². The third-order valence-corrected chi connectivity index (χ3v) is 7.44. The SMILES string of the molecule is COc1cccc2oc(-c3nc4ccccc4c(=O)n3N=Cc3cc(Cl)c(OCc4ccccc4C#N)c(Br)c3)cc12. The maximum atomic E-state index is 13.6. The molecule has 0 aliphatic carbocycles. The Morgan fingerprint density at radius 1 is 1.07 bits per heavy atom. The molecule has 0 amide bonds. The van der Waals surface area contributed by atoms with Crippen molar-refractivity contribution in [2.75, 3.05) is 7.11 Å². The van der Waals surface area contributed by atoms with Gasteiger partial charge in [-0.3, -0.25) is 4.79 Å². The van der Waals surface area contributed by atoms with Crippen LogP contribution in [0, 0.1) is 11.3 Å². The summed E-state index contributed by atoms with van der Waals surface area (Å²) in [6.07, 6.45) is 1.51. The Morgan fingerprint density at radius 2 is 1.88 bits per heavy atom. The fourth-order valence-electron chi connectivity index (χ4n) is 4.53. The van der Waals surface area contributed by atoms with Gasteiger partial charge in [0.2, 0.25) is 5.82 Å². The van der Waals surface area contributed by atoms with Gasteiger partial charge in [-0.1, -0.05) is 48.0 Å². The van der Waals surface area contributed by atoms with E-state index in [9.17, 15) is 10.1 Å². The highest BCUT2D eigenvalue weighted by Gasteiger charge is 2.18. The summed E-state index contributed by atoms with van der Waals surface area (Å²) in [5.41, 5.74) is 2.62. The molecule has 2 aromatic heterocycles. The maximum Gasteiger partial charge on any atom is 0.282 e. The van der Waals surface area contributed by atoms with Crippen molar-refractivity contribution < 1.29 is 13.9 Å². The number of benzene rings is 4. The normalized spacial score (nSPS) is 11.3. The molecule has 0 saturated carbocycles. The predicted molar refractivity (Wildman–Crippen MR) is 165 cm³/mol. The number of rotatable bonds is 7. The average Bonchev–Trinajstić information content (AvgIpc) is 3.45. The van der Waals surface area contributed by atoms with Gasteiger partial charge in [0.25, 0.3) is 5.56 Å². The lowest BCUT2D eigenvalue weighted by Gasteiger charge is -2.12. The van der Waals surface area contributed by atoms with Crippen molar-refractivity contribution in [2.24, 2.45) is 5.10 Å². The molecule has 0 aliphatic rings. The summed E-state index contributed by atoms with van der Waals surface area (Å²) in [5, 5.41) is 15.3. The van der Waals surface area contributed by atoms with Crippen molar-refractivity contribution in [2.45, 2.75) is 6.61 Å². The predicted octanol–water partition coefficient (Wildman–Crippen LogP) is 7.57. The van der Waals surface area contributed by atoms with Gasteiger partial charge in [0, 0.05) is 5.56 Å². The van der Waals surface area contributed by atoms with Gasteiger partial charge in [-0.2, -0.15) is 15.0 Å². The van der Waals surface area contributed by atoms with Crippen molar-refractivity contribution >= 4 is 55.6 Å². The largest absolute Gasteiger partial charge is 0.496 e. The highest BCUT2D eigenvalue weighted by Crippen LogP contribution is 2.35. The Hall–Kier alpha value is -4.91. The van der Waals surface area contributed by atoms with Crippen molar-refractivity contribution in [1.82, 2.24) is 9.66 Å². The van der Waals surface area contributed by atoms with Crippen LogP contribution >= 0.6 is 27.5 Å². The number of nitrogens with zero attached hydrogens (tertiary/aromatic N) is 4. The van der Waals surface area contributed by atoms with Gasteiger partial charge < -0.3 is 13.9 Å². The molecular formula is C32H20BrClN4O4. The first-order valence-electron chi connectivity index (χ1n) is 12.7. The molecule has 42 heavy (non-hydrogen) atoms. The molecule has 0 unspecified atom stereocenters. The Labute approximate surface area is 253 Å². The molecule has 0 saturated heterocycles. The number of methoxy groups -OCH3 is 1. The second kappa shape index (κ2) is 11.5. The van der Waals surface area contributed by atoms with E-state index in [0.717, 1.165) is 10.9 Å². The number of halogens is 2. The molecule has 6 rings (SSSR count). The lowest BCUT2D eigenvalue weighted by Crippen LogP contribution is -2.20. The number of furan rings is 1. The zero-order chi connectivity index (χ0) is 29.2. The smallest absolute Gasteiger partial charge is 0.282 e. The van der Waals surface area contributed by atoms with Gasteiger partial charge in [-0.15, -0.1) is 0 Å². The fraction of sp³-hybridized carbons (Fsp3) is 0.0625. The van der Waals surface area contributed by atoms with Crippen LogP contribution in [0.4, 0.5) is 0 Å². The van der Waals surface area contributed by atoms with Crippen LogP contribution in [0.15, 0.2) is 104 Å². The first-order valence-corrected chi connectivity index (χ1v) is 13.9. The molecule has 8 nitrogen and oxygen atoms in total. The lowest BCUT2D eigenvalue weighted by molar-refractivity contribution is 0.304. The van der Waals surface area contributed by atoms with Gasteiger partial charge in [0.1, 0.15) is 17.9 Å². The number of ether oxygens (including phenoxy) is 2. The summed E-state index contributed by atoms with van der Waals surface area (Å²) >= 11 is 10.1. The molecule has 0 atom stereocenters. The first kappa shape index (κ1) is 27.3. The standard InChI is InChI=1S/C32H20BrClN4O4/c1-40-27-11-6-12-28-23(27)15-29(42-28)31-37-26-10-5-4-9-22(26)32(39)38(31)36-17-19-13-24(33)30(25(34)14-19)41-18-21-8-3-2-7-20(21)16-35/h2-15,17H,18H2,1H3. The summed E-state index contributed by atoms with van der Waals surface area (Å²) in [7, 11) is 1.58. The van der Waals surface area contributed by atoms with E-state index in [1.807, 2.05) is 36.4 Å². The quantitative estimate of drug-likeness (QED) is 0.167. The molecule has 0 spiro atoms. The minimum atomic E-state index is -0.361. The molecule has 10 heteroatoms. The van der Waals surface area contributed by atoms with E-state index in [1.54, 1.807) is 55.6 Å². The lowest BCUT2D eigenvalue weighted by atomic mass is 10.1. The van der Waals surface area contributed by atoms with Crippen LogP contribution < -0.4 is 15.0 Å². The minimum Gasteiger partial charge on any atom is -0.496 e. The molecular weight excluding hydrogens is 620 g/mol. The van der Waals surface area contributed by atoms with Gasteiger partial charge in [-0.05, 0) is 70.0 Å². The second-order valence-electron chi connectivity index (χ2n) is 9.17. The van der Waals surface area contributed by atoms with Crippen molar-refractivity contribution in [3.05, 3.63) is 121 Å². The van der Waals surface area contributed by atoms with Gasteiger partial charge in [0.05, 0.1) is 50.7 Å². The molecule has 0 radical (unpaired) electrons. The van der Waals surface area contributed by atoms with Crippen LogP contribution in [0.1, 0.15) is 16.7 Å². The van der Waals surface area contributed by atoms with E-state index in [4.69, 9.17) is 30.5 Å². The molecule has 2 heterocycles. The Kier molecular flexibility index (Phi) is 7.48. The van der Waals surface area contributed by atoms with E-state index in [1.165, 1.54) is 10.9 Å². The van der Waals surface area contributed by atoms with Crippen LogP contribution in [0.25, 0.3) is 33.5 Å². The van der Waals surface area contributed by atoms with Crippen LogP contribution in [-0.4, -0.2) is 23.0 Å². The summed E-state index contributed by atoms with van der Waals surface area (Å²) < 4.78 is 19.3. The van der Waals surface area contributed by atoms with Crippen molar-refractivity contribution in [3.63, 3.8) is 0 Å². The molecule has 6 aromatic rings. The summed E-state index contributed by atoms with van der Waals surface area (Å²) in [4.78, 5) is 18.3. The highest BCUT2D eigenvalue weighted by atomic mass is 79.9. The highest BCUT2D eigenvalue weighted by molar-refractivity contribution is 9.10. The van der Waals surface area contributed by atoms with Gasteiger partial charge in [-0.25, -0.2) is 4.98 Å². The van der Waals surface area contributed by atoms with Crippen LogP contribution in [0.3, 0.4) is 0 Å². The fourth-order valence-corrected chi connectivity index (χ4v) is 5.52. The molecule has 0 aliphatic heterocycles. The molecule has 0 N–H and O–H groups in total. The Bertz CT molecular complexity index is 2090. The molecule has 206 valence electrons. The monoisotopic (exact) mass is 638 g/mol. The summed E-state index contributed by atoms with van der Waals surface area (Å²) in [6.45, 7) is 0.166. The number of aromatic nitrogens is 2. The zero-order valence-electron chi connectivity index (χ0n) is 22.0. The van der Waals surface area contributed by atoms with E-state index >= 15 is 0 Å². The maximum absolute atomic E-state index is 13.6. The van der Waals surface area contributed by atoms with E-state index < -0.39 is 0 Å². The van der Waals surface area contributed by atoms with Crippen molar-refractivity contribution in [3.8, 4) is 29.2 Å². The summed E-state index contributed by atoms with van der Waals surface area (Å²) in [5.74, 6) is 1.64. The van der Waals surface area contributed by atoms with Crippen LogP contribution in [-0.2, 0) is 6.61 Å². The Balaban J connectivity index is 1.39. The van der Waals surface area contributed by atoms with Gasteiger partial charge in [0.15, 0.2) is 11.5 Å². The molecule has 0 fully saturated rings.